The molecule has 2 heteroatoms. The first-order valence-electron chi connectivity index (χ1n) is 17.9. The maximum atomic E-state index is 2.43. The lowest BCUT2D eigenvalue weighted by Crippen LogP contribution is -1.94. The zero-order valence-electron chi connectivity index (χ0n) is 28.1. The predicted octanol–water partition coefficient (Wildman–Crippen LogP) is 14.4. The lowest BCUT2D eigenvalue weighted by atomic mass is 9.95. The first-order chi connectivity index (χ1) is 25.7. The Morgan fingerprint density at radius 2 is 0.962 bits per heavy atom. The summed E-state index contributed by atoms with van der Waals surface area (Å²) in [5.74, 6) is 0. The van der Waals surface area contributed by atoms with Crippen molar-refractivity contribution in [2.45, 2.75) is 0 Å². The maximum Gasteiger partial charge on any atom is 0.0541 e. The molecule has 0 radical (unpaired) electrons. The van der Waals surface area contributed by atoms with Crippen molar-refractivity contribution in [3.8, 4) is 50.2 Å². The first-order valence-corrected chi connectivity index (χ1v) is 18.7. The van der Waals surface area contributed by atoms with E-state index < -0.39 is 0 Å². The van der Waals surface area contributed by atoms with Gasteiger partial charge in [-0.05, 0) is 133 Å². The molecule has 0 bridgehead atoms. The molecule has 11 aromatic rings. The second-order valence-corrected chi connectivity index (χ2v) is 15.2. The van der Waals surface area contributed by atoms with Gasteiger partial charge in [0.15, 0.2) is 0 Å². The van der Waals surface area contributed by atoms with Gasteiger partial charge in [-0.25, -0.2) is 0 Å². The number of thiophene rings is 1. The van der Waals surface area contributed by atoms with Gasteiger partial charge in [0.05, 0.1) is 11.0 Å². The fourth-order valence-electron chi connectivity index (χ4n) is 8.87. The van der Waals surface area contributed by atoms with Gasteiger partial charge in [0.25, 0.3) is 0 Å². The van der Waals surface area contributed by atoms with E-state index in [9.17, 15) is 0 Å². The molecular formula is C50H29NS. The van der Waals surface area contributed by atoms with Gasteiger partial charge in [-0.1, -0.05) is 109 Å². The molecule has 0 atom stereocenters. The van der Waals surface area contributed by atoms with E-state index in [0.717, 1.165) is 0 Å². The van der Waals surface area contributed by atoms with Crippen molar-refractivity contribution in [3.63, 3.8) is 0 Å². The Kier molecular flexibility index (Phi) is 5.71. The van der Waals surface area contributed by atoms with E-state index in [2.05, 4.69) is 180 Å². The number of fused-ring (bicyclic) bond motifs is 10. The molecule has 0 aliphatic heterocycles. The van der Waals surface area contributed by atoms with Gasteiger partial charge in [-0.2, -0.15) is 0 Å². The largest absolute Gasteiger partial charge is 0.309 e. The number of aromatic nitrogens is 1. The van der Waals surface area contributed by atoms with Crippen molar-refractivity contribution in [1.82, 2.24) is 4.57 Å². The van der Waals surface area contributed by atoms with Gasteiger partial charge in [0, 0.05) is 36.6 Å². The predicted molar refractivity (Wildman–Crippen MR) is 224 cm³/mol. The van der Waals surface area contributed by atoms with Crippen LogP contribution in [-0.2, 0) is 0 Å². The molecule has 0 fully saturated rings. The van der Waals surface area contributed by atoms with Crippen molar-refractivity contribution < 1.29 is 0 Å². The van der Waals surface area contributed by atoms with Crippen molar-refractivity contribution in [3.05, 3.63) is 176 Å². The lowest BCUT2D eigenvalue weighted by Gasteiger charge is -2.12. The van der Waals surface area contributed by atoms with Gasteiger partial charge in [0.1, 0.15) is 0 Å². The van der Waals surface area contributed by atoms with Gasteiger partial charge in [-0.15, -0.1) is 11.3 Å². The summed E-state index contributed by atoms with van der Waals surface area (Å²) in [6.07, 6.45) is 0. The molecule has 0 saturated carbocycles. The summed E-state index contributed by atoms with van der Waals surface area (Å²) in [7, 11) is 0. The fraction of sp³-hybridized carbons (Fsp3) is 0. The molecule has 2 aromatic heterocycles. The van der Waals surface area contributed by atoms with Crippen LogP contribution in [0.4, 0.5) is 0 Å². The first kappa shape index (κ1) is 28.2. The highest BCUT2D eigenvalue weighted by molar-refractivity contribution is 7.25. The molecule has 1 aliphatic carbocycles. The van der Waals surface area contributed by atoms with E-state index in [0.29, 0.717) is 0 Å². The molecule has 0 saturated heterocycles. The van der Waals surface area contributed by atoms with Crippen molar-refractivity contribution in [2.24, 2.45) is 0 Å². The Morgan fingerprint density at radius 1 is 0.327 bits per heavy atom. The van der Waals surface area contributed by atoms with Crippen molar-refractivity contribution >= 4 is 74.9 Å². The zero-order chi connectivity index (χ0) is 33.9. The third-order valence-corrected chi connectivity index (χ3v) is 12.4. The monoisotopic (exact) mass is 675 g/mol. The Hall–Kier alpha value is -6.48. The summed E-state index contributed by atoms with van der Waals surface area (Å²) < 4.78 is 5.10. The number of hydrogen-bond donors (Lipinski definition) is 0. The highest BCUT2D eigenvalue weighted by Crippen LogP contribution is 2.49. The summed E-state index contributed by atoms with van der Waals surface area (Å²) >= 11 is 1.87. The number of rotatable bonds is 3. The molecule has 1 nitrogen and oxygen atoms in total. The smallest absolute Gasteiger partial charge is 0.0541 e. The van der Waals surface area contributed by atoms with E-state index in [-0.39, 0.29) is 0 Å². The van der Waals surface area contributed by atoms with Crippen molar-refractivity contribution in [1.29, 1.82) is 0 Å². The molecule has 9 aromatic carbocycles. The van der Waals surface area contributed by atoms with Crippen LogP contribution < -0.4 is 0 Å². The molecule has 1 aliphatic rings. The third-order valence-electron chi connectivity index (χ3n) is 11.3. The average molecular weight is 676 g/mol. The van der Waals surface area contributed by atoms with Crippen LogP contribution in [0.15, 0.2) is 176 Å². The van der Waals surface area contributed by atoms with Gasteiger partial charge >= 0.3 is 0 Å². The van der Waals surface area contributed by atoms with Gasteiger partial charge in [-0.3, -0.25) is 0 Å². The number of hydrogen-bond acceptors (Lipinski definition) is 1. The summed E-state index contributed by atoms with van der Waals surface area (Å²) in [5.41, 5.74) is 14.0. The topological polar surface area (TPSA) is 4.93 Å². The fourth-order valence-corrected chi connectivity index (χ4v) is 9.96. The summed E-state index contributed by atoms with van der Waals surface area (Å²) in [4.78, 5) is 0. The molecule has 240 valence electrons. The molecule has 0 N–H and O–H groups in total. The second-order valence-electron chi connectivity index (χ2n) is 14.1. The molecular weight excluding hydrogens is 647 g/mol. The Bertz CT molecular complexity index is 3300. The zero-order valence-corrected chi connectivity index (χ0v) is 28.9. The third kappa shape index (κ3) is 3.98. The van der Waals surface area contributed by atoms with Crippen LogP contribution in [0.3, 0.4) is 0 Å². The number of para-hydroxylation sites is 1. The number of nitrogens with zero attached hydrogens (tertiary/aromatic N) is 1. The Balaban J connectivity index is 0.968. The van der Waals surface area contributed by atoms with Crippen LogP contribution in [0.5, 0.6) is 0 Å². The van der Waals surface area contributed by atoms with Crippen LogP contribution in [0, 0.1) is 0 Å². The normalized spacial score (nSPS) is 12.2. The molecule has 52 heavy (non-hydrogen) atoms. The van der Waals surface area contributed by atoms with E-state index in [4.69, 9.17) is 0 Å². The van der Waals surface area contributed by atoms with Crippen LogP contribution in [-0.4, -0.2) is 4.57 Å². The molecule has 0 amide bonds. The minimum absolute atomic E-state index is 1.17. The van der Waals surface area contributed by atoms with E-state index >= 15 is 0 Å². The Labute approximate surface area is 304 Å². The highest BCUT2D eigenvalue weighted by atomic mass is 32.1. The van der Waals surface area contributed by atoms with Crippen LogP contribution >= 0.6 is 11.3 Å². The SMILES string of the molecule is c1ccc2c(c1)-c1cccc3cc(-c4ccc5cc(-n6c7ccccc7c7cc(-c8ccc9sc%10ccccc%10c9c8)ccc76)ccc5c4)cc-2c13. The van der Waals surface area contributed by atoms with E-state index in [1.807, 2.05) is 11.3 Å². The molecule has 0 unspecified atom stereocenters. The number of benzene rings is 9. The van der Waals surface area contributed by atoms with Gasteiger partial charge in [0.2, 0.25) is 0 Å². The summed E-state index contributed by atoms with van der Waals surface area (Å²) in [6.45, 7) is 0. The summed E-state index contributed by atoms with van der Waals surface area (Å²) in [5, 5.41) is 10.4. The minimum atomic E-state index is 1.17. The molecule has 12 rings (SSSR count). The minimum Gasteiger partial charge on any atom is -0.309 e. The van der Waals surface area contributed by atoms with E-state index in [1.54, 1.807) is 0 Å². The molecule has 2 heterocycles. The van der Waals surface area contributed by atoms with Crippen LogP contribution in [0.2, 0.25) is 0 Å². The highest BCUT2D eigenvalue weighted by Gasteiger charge is 2.22. The second kappa shape index (κ2) is 10.5. The van der Waals surface area contributed by atoms with E-state index in [1.165, 1.54) is 114 Å². The van der Waals surface area contributed by atoms with Crippen LogP contribution in [0.25, 0.3) is 114 Å². The quantitative estimate of drug-likeness (QED) is 0.176. The average Bonchev–Trinajstić information content (AvgIpc) is 3.85. The lowest BCUT2D eigenvalue weighted by molar-refractivity contribution is 1.19. The maximum absolute atomic E-state index is 2.43. The van der Waals surface area contributed by atoms with Gasteiger partial charge < -0.3 is 4.57 Å². The molecule has 0 spiro atoms. The summed E-state index contributed by atoms with van der Waals surface area (Å²) in [6, 6.07) is 65.6. The Morgan fingerprint density at radius 3 is 1.88 bits per heavy atom. The van der Waals surface area contributed by atoms with Crippen LogP contribution in [0.1, 0.15) is 0 Å². The standard InChI is InChI=1S/C50H29NS/c1-2-10-39-38(9-1)42-13-7-8-35-25-36(29-45(39)50(35)42)31-16-17-32-26-37(21-18-30(32)24-31)51-46-14-5-3-11-40(46)43-27-33(19-22-47(43)51)34-20-23-49-44(28-34)41-12-4-6-15-48(41)52-49/h1-29H. The van der Waals surface area contributed by atoms with Crippen molar-refractivity contribution in [2.75, 3.05) is 0 Å².